The summed E-state index contributed by atoms with van der Waals surface area (Å²) in [6, 6.07) is 1.86. The zero-order valence-electron chi connectivity index (χ0n) is 12.5. The van der Waals surface area contributed by atoms with Gasteiger partial charge in [-0.05, 0) is 18.9 Å². The van der Waals surface area contributed by atoms with E-state index in [-0.39, 0.29) is 5.91 Å². The molecular weight excluding hydrogens is 270 g/mol. The number of hydrogen-bond acceptors (Lipinski definition) is 4. The molecule has 0 aromatic carbocycles. The molecule has 1 rings (SSSR count). The topological polar surface area (TPSA) is 59.2 Å². The minimum atomic E-state index is 0.202. The van der Waals surface area contributed by atoms with E-state index in [1.807, 2.05) is 11.0 Å². The van der Waals surface area contributed by atoms with Gasteiger partial charge in [0.05, 0.1) is 17.6 Å². The summed E-state index contributed by atoms with van der Waals surface area (Å²) in [7, 11) is 0. The largest absolute Gasteiger partial charge is 0.397 e. The Balaban J connectivity index is 2.50. The first-order chi connectivity index (χ1) is 9.69. The van der Waals surface area contributed by atoms with Crippen LogP contribution in [0, 0.1) is 0 Å². The number of nitrogen functional groups attached to an aromatic ring is 1. The standard InChI is InChI=1S/C15H25N3OS/c1-3-5-9-18(10-6-4-2)15(19)12-20-14-7-8-17-11-13(14)16/h7-8,11H,3-6,9-10,12,16H2,1-2H3. The second-order valence-electron chi connectivity index (χ2n) is 4.79. The summed E-state index contributed by atoms with van der Waals surface area (Å²) >= 11 is 1.49. The highest BCUT2D eigenvalue weighted by Crippen LogP contribution is 2.23. The SMILES string of the molecule is CCCCN(CCCC)C(=O)CSc1ccncc1N. The smallest absolute Gasteiger partial charge is 0.232 e. The zero-order chi connectivity index (χ0) is 14.8. The number of thioether (sulfide) groups is 1. The fraction of sp³-hybridized carbons (Fsp3) is 0.600. The van der Waals surface area contributed by atoms with Gasteiger partial charge in [0.1, 0.15) is 0 Å². The molecule has 1 amide bonds. The number of carbonyl (C=O) groups excluding carboxylic acids is 1. The Bertz CT molecular complexity index is 404. The van der Waals surface area contributed by atoms with Crippen molar-refractivity contribution in [3.8, 4) is 0 Å². The number of rotatable bonds is 9. The molecule has 0 fully saturated rings. The molecule has 5 heteroatoms. The first-order valence-electron chi connectivity index (χ1n) is 7.29. The summed E-state index contributed by atoms with van der Waals surface area (Å²) in [6.45, 7) is 6.02. The van der Waals surface area contributed by atoms with Gasteiger partial charge in [0, 0.05) is 24.2 Å². The van der Waals surface area contributed by atoms with E-state index >= 15 is 0 Å². The predicted molar refractivity (Wildman–Crippen MR) is 85.8 cm³/mol. The maximum Gasteiger partial charge on any atom is 0.232 e. The molecule has 0 aliphatic rings. The van der Waals surface area contributed by atoms with Gasteiger partial charge in [0.15, 0.2) is 0 Å². The molecule has 0 atom stereocenters. The molecule has 0 aliphatic heterocycles. The van der Waals surface area contributed by atoms with E-state index in [1.165, 1.54) is 11.8 Å². The van der Waals surface area contributed by atoms with Gasteiger partial charge in [-0.1, -0.05) is 26.7 Å². The fourth-order valence-corrected chi connectivity index (χ4v) is 2.65. The van der Waals surface area contributed by atoms with Crippen LogP contribution in [-0.2, 0) is 4.79 Å². The third kappa shape index (κ3) is 5.82. The lowest BCUT2D eigenvalue weighted by Crippen LogP contribution is -2.34. The van der Waals surface area contributed by atoms with Gasteiger partial charge in [-0.2, -0.15) is 0 Å². The Morgan fingerprint density at radius 1 is 1.30 bits per heavy atom. The number of anilines is 1. The van der Waals surface area contributed by atoms with Crippen LogP contribution in [0.1, 0.15) is 39.5 Å². The van der Waals surface area contributed by atoms with E-state index in [4.69, 9.17) is 5.73 Å². The lowest BCUT2D eigenvalue weighted by molar-refractivity contribution is -0.128. The highest BCUT2D eigenvalue weighted by atomic mass is 32.2. The summed E-state index contributed by atoms with van der Waals surface area (Å²) in [5.41, 5.74) is 6.47. The van der Waals surface area contributed by atoms with Crippen molar-refractivity contribution in [1.29, 1.82) is 0 Å². The van der Waals surface area contributed by atoms with Crippen molar-refractivity contribution in [2.75, 3.05) is 24.6 Å². The van der Waals surface area contributed by atoms with Gasteiger partial charge in [-0.25, -0.2) is 0 Å². The van der Waals surface area contributed by atoms with Crippen molar-refractivity contribution in [3.05, 3.63) is 18.5 Å². The number of hydrogen-bond donors (Lipinski definition) is 1. The molecule has 1 aromatic heterocycles. The number of nitrogens with two attached hydrogens (primary N) is 1. The Kier molecular flexibility index (Phi) is 8.11. The first kappa shape index (κ1) is 16.8. The number of nitrogens with zero attached hydrogens (tertiary/aromatic N) is 2. The number of carbonyl (C=O) groups is 1. The molecule has 4 nitrogen and oxygen atoms in total. The lowest BCUT2D eigenvalue weighted by Gasteiger charge is -2.22. The van der Waals surface area contributed by atoms with Crippen LogP contribution in [0.2, 0.25) is 0 Å². The number of pyridine rings is 1. The molecule has 0 aliphatic carbocycles. The Morgan fingerprint density at radius 3 is 2.50 bits per heavy atom. The molecule has 0 saturated carbocycles. The maximum atomic E-state index is 12.3. The van der Waals surface area contributed by atoms with Crippen molar-refractivity contribution in [2.45, 2.75) is 44.4 Å². The lowest BCUT2D eigenvalue weighted by atomic mass is 10.2. The number of unbranched alkanes of at least 4 members (excludes halogenated alkanes) is 2. The van der Waals surface area contributed by atoms with E-state index in [9.17, 15) is 4.79 Å². The van der Waals surface area contributed by atoms with Crippen molar-refractivity contribution in [3.63, 3.8) is 0 Å². The van der Waals surface area contributed by atoms with Crippen molar-refractivity contribution in [2.24, 2.45) is 0 Å². The molecule has 112 valence electrons. The maximum absolute atomic E-state index is 12.3. The molecule has 0 bridgehead atoms. The monoisotopic (exact) mass is 295 g/mol. The van der Waals surface area contributed by atoms with Crippen LogP contribution in [0.5, 0.6) is 0 Å². The second-order valence-corrected chi connectivity index (χ2v) is 5.81. The van der Waals surface area contributed by atoms with Crippen molar-refractivity contribution in [1.82, 2.24) is 9.88 Å². The minimum Gasteiger partial charge on any atom is -0.397 e. The van der Waals surface area contributed by atoms with Crippen LogP contribution in [0.3, 0.4) is 0 Å². The average Bonchev–Trinajstić information content (AvgIpc) is 2.46. The summed E-state index contributed by atoms with van der Waals surface area (Å²) in [5, 5.41) is 0. The highest BCUT2D eigenvalue weighted by Gasteiger charge is 2.13. The van der Waals surface area contributed by atoms with E-state index < -0.39 is 0 Å². The van der Waals surface area contributed by atoms with Crippen LogP contribution in [0.4, 0.5) is 5.69 Å². The van der Waals surface area contributed by atoms with Crippen LogP contribution in [0.25, 0.3) is 0 Å². The Hall–Kier alpha value is -1.23. The number of aromatic nitrogens is 1. The van der Waals surface area contributed by atoms with Crippen LogP contribution >= 0.6 is 11.8 Å². The third-order valence-electron chi connectivity index (χ3n) is 3.08. The van der Waals surface area contributed by atoms with Gasteiger partial charge < -0.3 is 10.6 Å². The molecule has 0 unspecified atom stereocenters. The molecule has 1 aromatic rings. The van der Waals surface area contributed by atoms with Crippen LogP contribution in [0.15, 0.2) is 23.4 Å². The molecule has 1 heterocycles. The molecule has 0 saturated heterocycles. The van der Waals surface area contributed by atoms with E-state index in [0.717, 1.165) is 43.7 Å². The zero-order valence-corrected chi connectivity index (χ0v) is 13.3. The van der Waals surface area contributed by atoms with Crippen LogP contribution < -0.4 is 5.73 Å². The van der Waals surface area contributed by atoms with Gasteiger partial charge in [0.2, 0.25) is 5.91 Å². The highest BCUT2D eigenvalue weighted by molar-refractivity contribution is 8.00. The summed E-state index contributed by atoms with van der Waals surface area (Å²) < 4.78 is 0. The predicted octanol–water partition coefficient (Wildman–Crippen LogP) is 3.18. The summed E-state index contributed by atoms with van der Waals surface area (Å²) in [6.07, 6.45) is 7.68. The summed E-state index contributed by atoms with van der Waals surface area (Å²) in [4.78, 5) is 19.2. The van der Waals surface area contributed by atoms with Crippen LogP contribution in [-0.4, -0.2) is 34.6 Å². The van der Waals surface area contributed by atoms with E-state index in [0.29, 0.717) is 11.4 Å². The van der Waals surface area contributed by atoms with Gasteiger partial charge in [0.25, 0.3) is 0 Å². The fourth-order valence-electron chi connectivity index (χ4n) is 1.82. The van der Waals surface area contributed by atoms with E-state index in [1.54, 1.807) is 12.4 Å². The van der Waals surface area contributed by atoms with Crippen molar-refractivity contribution < 1.29 is 4.79 Å². The molecular formula is C15H25N3OS. The number of amides is 1. The van der Waals surface area contributed by atoms with Gasteiger partial charge in [-0.3, -0.25) is 9.78 Å². The van der Waals surface area contributed by atoms with Gasteiger partial charge >= 0.3 is 0 Å². The summed E-state index contributed by atoms with van der Waals surface area (Å²) in [5.74, 6) is 0.648. The Morgan fingerprint density at radius 2 is 1.95 bits per heavy atom. The van der Waals surface area contributed by atoms with Crippen molar-refractivity contribution >= 4 is 23.4 Å². The third-order valence-corrected chi connectivity index (χ3v) is 4.15. The Labute approximate surface area is 126 Å². The quantitative estimate of drug-likeness (QED) is 0.711. The van der Waals surface area contributed by atoms with Gasteiger partial charge in [-0.15, -0.1) is 11.8 Å². The van der Waals surface area contributed by atoms with E-state index in [2.05, 4.69) is 18.8 Å². The minimum absolute atomic E-state index is 0.202. The second kappa shape index (κ2) is 9.64. The molecule has 20 heavy (non-hydrogen) atoms. The first-order valence-corrected chi connectivity index (χ1v) is 8.27. The molecule has 0 spiro atoms. The average molecular weight is 295 g/mol. The normalized spacial score (nSPS) is 10.5. The molecule has 0 radical (unpaired) electrons. The molecule has 2 N–H and O–H groups in total.